The Labute approximate surface area is 123 Å². The van der Waals surface area contributed by atoms with Gasteiger partial charge in [-0.25, -0.2) is 0 Å². The van der Waals surface area contributed by atoms with Crippen LogP contribution in [0.5, 0.6) is 5.75 Å². The van der Waals surface area contributed by atoms with Crippen LogP contribution in [0.1, 0.15) is 31.2 Å². The van der Waals surface area contributed by atoms with Gasteiger partial charge >= 0.3 is 5.69 Å². The summed E-state index contributed by atoms with van der Waals surface area (Å²) >= 11 is 0. The molecule has 6 nitrogen and oxygen atoms in total. The van der Waals surface area contributed by atoms with Crippen molar-refractivity contribution in [2.24, 2.45) is 0 Å². The highest BCUT2D eigenvalue weighted by molar-refractivity contribution is 5.48. The number of ether oxygens (including phenoxy) is 1. The van der Waals surface area contributed by atoms with E-state index in [0.717, 1.165) is 31.2 Å². The van der Waals surface area contributed by atoms with Gasteiger partial charge in [0.15, 0.2) is 5.75 Å². The van der Waals surface area contributed by atoms with Crippen LogP contribution in [-0.4, -0.2) is 40.2 Å². The smallest absolute Gasteiger partial charge is 0.311 e. The third-order valence-electron chi connectivity index (χ3n) is 4.66. The van der Waals surface area contributed by atoms with Crippen molar-refractivity contribution in [2.75, 3.05) is 7.11 Å². The van der Waals surface area contributed by atoms with Gasteiger partial charge in [-0.3, -0.25) is 15.0 Å². The average Bonchev–Trinajstić information content (AvgIpc) is 2.70. The first-order valence-corrected chi connectivity index (χ1v) is 7.33. The number of hydrogen-bond donors (Lipinski definition) is 1. The van der Waals surface area contributed by atoms with Crippen molar-refractivity contribution in [3.63, 3.8) is 0 Å². The molecule has 0 radical (unpaired) electrons. The lowest BCUT2D eigenvalue weighted by Crippen LogP contribution is -2.44. The van der Waals surface area contributed by atoms with E-state index in [9.17, 15) is 15.2 Å². The first-order chi connectivity index (χ1) is 10.1. The molecule has 2 aliphatic rings. The molecular formula is C15H20N2O4. The molecule has 0 amide bonds. The second-order valence-electron chi connectivity index (χ2n) is 5.95. The molecule has 0 saturated carbocycles. The van der Waals surface area contributed by atoms with E-state index in [1.165, 1.54) is 7.11 Å². The Bertz CT molecular complexity index is 534. The normalized spacial score (nSPS) is 28.6. The number of rotatable bonds is 4. The molecule has 1 N–H and O–H groups in total. The molecule has 0 aromatic heterocycles. The zero-order chi connectivity index (χ0) is 15.0. The zero-order valence-corrected chi connectivity index (χ0v) is 12.1. The van der Waals surface area contributed by atoms with Crippen molar-refractivity contribution in [3.8, 4) is 5.75 Å². The quantitative estimate of drug-likeness (QED) is 0.679. The molecular weight excluding hydrogens is 272 g/mol. The third-order valence-corrected chi connectivity index (χ3v) is 4.66. The molecule has 1 aromatic carbocycles. The van der Waals surface area contributed by atoms with Gasteiger partial charge in [-0.2, -0.15) is 0 Å². The molecule has 114 valence electrons. The van der Waals surface area contributed by atoms with Crippen molar-refractivity contribution in [3.05, 3.63) is 33.9 Å². The highest BCUT2D eigenvalue weighted by Gasteiger charge is 2.40. The summed E-state index contributed by atoms with van der Waals surface area (Å²) in [7, 11) is 1.44. The molecule has 0 spiro atoms. The van der Waals surface area contributed by atoms with Gasteiger partial charge in [0.05, 0.1) is 18.1 Å². The highest BCUT2D eigenvalue weighted by Crippen LogP contribution is 2.37. The number of nitrogens with zero attached hydrogens (tertiary/aromatic N) is 2. The van der Waals surface area contributed by atoms with E-state index in [2.05, 4.69) is 4.90 Å². The SMILES string of the molecule is COc1ccc(CN2C3CCC2CC(O)C3)cc1[N+](=O)[O-]. The summed E-state index contributed by atoms with van der Waals surface area (Å²) in [5, 5.41) is 20.9. The molecule has 21 heavy (non-hydrogen) atoms. The van der Waals surface area contributed by atoms with Crippen molar-refractivity contribution < 1.29 is 14.8 Å². The van der Waals surface area contributed by atoms with Crippen LogP contribution >= 0.6 is 0 Å². The van der Waals surface area contributed by atoms with Gasteiger partial charge in [-0.1, -0.05) is 6.07 Å². The molecule has 2 bridgehead atoms. The Morgan fingerprint density at radius 2 is 2.05 bits per heavy atom. The van der Waals surface area contributed by atoms with Gasteiger partial charge in [-0.15, -0.1) is 0 Å². The van der Waals surface area contributed by atoms with Crippen LogP contribution < -0.4 is 4.74 Å². The number of nitro benzene ring substituents is 1. The molecule has 2 aliphatic heterocycles. The van der Waals surface area contributed by atoms with Crippen LogP contribution in [0.25, 0.3) is 0 Å². The van der Waals surface area contributed by atoms with Crippen LogP contribution in [0.3, 0.4) is 0 Å². The summed E-state index contributed by atoms with van der Waals surface area (Å²) in [5.41, 5.74) is 0.940. The Kier molecular flexibility index (Phi) is 3.82. The number of piperidine rings is 1. The van der Waals surface area contributed by atoms with E-state index in [1.807, 2.05) is 6.07 Å². The highest BCUT2D eigenvalue weighted by atomic mass is 16.6. The minimum Gasteiger partial charge on any atom is -0.490 e. The maximum absolute atomic E-state index is 11.1. The van der Waals surface area contributed by atoms with Crippen LogP contribution in [-0.2, 0) is 6.54 Å². The predicted octanol–water partition coefficient (Wildman–Crippen LogP) is 2.09. The molecule has 3 rings (SSSR count). The third kappa shape index (κ3) is 2.73. The van der Waals surface area contributed by atoms with Crippen LogP contribution in [0.2, 0.25) is 0 Å². The van der Waals surface area contributed by atoms with Crippen LogP contribution in [0, 0.1) is 10.1 Å². The Hall–Kier alpha value is -1.66. The summed E-state index contributed by atoms with van der Waals surface area (Å²) in [6, 6.07) is 5.95. The molecule has 2 saturated heterocycles. The number of benzene rings is 1. The fourth-order valence-electron chi connectivity index (χ4n) is 3.69. The fraction of sp³-hybridized carbons (Fsp3) is 0.600. The summed E-state index contributed by atoms with van der Waals surface area (Å²) < 4.78 is 5.03. The topological polar surface area (TPSA) is 75.8 Å². The van der Waals surface area contributed by atoms with Gasteiger partial charge in [-0.05, 0) is 37.3 Å². The second-order valence-corrected chi connectivity index (χ2v) is 5.95. The lowest BCUT2D eigenvalue weighted by molar-refractivity contribution is -0.385. The van der Waals surface area contributed by atoms with Crippen LogP contribution in [0.15, 0.2) is 18.2 Å². The maximum atomic E-state index is 11.1. The lowest BCUT2D eigenvalue weighted by Gasteiger charge is -2.37. The van der Waals surface area contributed by atoms with Gasteiger partial charge in [0.2, 0.25) is 0 Å². The number of methoxy groups -OCH3 is 1. The van der Waals surface area contributed by atoms with Gasteiger partial charge in [0.1, 0.15) is 0 Å². The molecule has 6 heteroatoms. The van der Waals surface area contributed by atoms with E-state index < -0.39 is 4.92 Å². The zero-order valence-electron chi connectivity index (χ0n) is 12.1. The lowest BCUT2D eigenvalue weighted by atomic mass is 9.99. The summed E-state index contributed by atoms with van der Waals surface area (Å²) in [6.07, 6.45) is 3.66. The average molecular weight is 292 g/mol. The Morgan fingerprint density at radius 3 is 2.62 bits per heavy atom. The van der Waals surface area contributed by atoms with E-state index in [4.69, 9.17) is 4.74 Å². The first-order valence-electron chi connectivity index (χ1n) is 7.33. The van der Waals surface area contributed by atoms with E-state index in [0.29, 0.717) is 24.4 Å². The number of aliphatic hydroxyl groups excluding tert-OH is 1. The number of hydrogen-bond acceptors (Lipinski definition) is 5. The van der Waals surface area contributed by atoms with Crippen molar-refractivity contribution >= 4 is 5.69 Å². The van der Waals surface area contributed by atoms with Crippen LogP contribution in [0.4, 0.5) is 5.69 Å². The van der Waals surface area contributed by atoms with Gasteiger partial charge in [0.25, 0.3) is 0 Å². The summed E-state index contributed by atoms with van der Waals surface area (Å²) in [5.74, 6) is 0.292. The van der Waals surface area contributed by atoms with Gasteiger partial charge < -0.3 is 9.84 Å². The summed E-state index contributed by atoms with van der Waals surface area (Å²) in [6.45, 7) is 0.701. The van der Waals surface area contributed by atoms with Crippen molar-refractivity contribution in [1.82, 2.24) is 4.90 Å². The molecule has 2 fully saturated rings. The molecule has 0 aliphatic carbocycles. The fourth-order valence-corrected chi connectivity index (χ4v) is 3.69. The number of nitro groups is 1. The van der Waals surface area contributed by atoms with E-state index >= 15 is 0 Å². The van der Waals surface area contributed by atoms with E-state index in [-0.39, 0.29) is 11.8 Å². The monoisotopic (exact) mass is 292 g/mol. The van der Waals surface area contributed by atoms with Crippen molar-refractivity contribution in [1.29, 1.82) is 0 Å². The number of aliphatic hydroxyl groups is 1. The summed E-state index contributed by atoms with van der Waals surface area (Å²) in [4.78, 5) is 13.1. The molecule has 1 aromatic rings. The second kappa shape index (κ2) is 5.61. The molecule has 2 atom stereocenters. The van der Waals surface area contributed by atoms with E-state index in [1.54, 1.807) is 12.1 Å². The Balaban J connectivity index is 1.79. The largest absolute Gasteiger partial charge is 0.490 e. The maximum Gasteiger partial charge on any atom is 0.311 e. The minimum absolute atomic E-state index is 0.0133. The molecule has 2 unspecified atom stereocenters. The molecule has 2 heterocycles. The number of fused-ring (bicyclic) bond motifs is 2. The minimum atomic E-state index is -0.406. The predicted molar refractivity (Wildman–Crippen MR) is 77.2 cm³/mol. The van der Waals surface area contributed by atoms with Gasteiger partial charge in [0, 0.05) is 24.7 Å². The first kappa shape index (κ1) is 14.3. The Morgan fingerprint density at radius 1 is 1.38 bits per heavy atom. The standard InChI is InChI=1S/C15H20N2O4/c1-21-15-5-2-10(6-14(15)17(19)20)9-16-11-3-4-12(16)8-13(18)7-11/h2,5-6,11-13,18H,3-4,7-9H2,1H3. The van der Waals surface area contributed by atoms with Crippen molar-refractivity contribution in [2.45, 2.75) is 50.4 Å².